The molecule has 0 saturated heterocycles. The number of rotatable bonds is 36. The number of nitrogens with one attached hydrogen (secondary N) is 9. The summed E-state index contributed by atoms with van der Waals surface area (Å²) < 4.78 is 0. The van der Waals surface area contributed by atoms with Gasteiger partial charge in [0, 0.05) is 25.1 Å². The summed E-state index contributed by atoms with van der Waals surface area (Å²) in [6, 6.07) is -1.86. The molecule has 22 N–H and O–H groups in total. The van der Waals surface area contributed by atoms with Crippen LogP contribution in [0.4, 0.5) is 0 Å². The summed E-state index contributed by atoms with van der Waals surface area (Å²) in [4.78, 5) is 147. The smallest absolute Gasteiger partial charge is 0.245 e. The quantitative estimate of drug-likeness (QED) is 0.0129. The second-order valence-electron chi connectivity index (χ2n) is 18.1. The van der Waals surface area contributed by atoms with Gasteiger partial charge in [0.2, 0.25) is 65.0 Å². The van der Waals surface area contributed by atoms with Crippen LogP contribution in [-0.2, 0) is 59.2 Å². The lowest BCUT2D eigenvalue weighted by Gasteiger charge is -2.27. The average molecular weight is 1080 g/mol. The Labute approximate surface area is 441 Å². The molecule has 29 heteroatoms. The molecule has 0 saturated carbocycles. The van der Waals surface area contributed by atoms with Gasteiger partial charge in [0.05, 0.1) is 25.7 Å². The molecule has 8 atom stereocenters. The van der Waals surface area contributed by atoms with Crippen molar-refractivity contribution in [2.45, 2.75) is 127 Å². The third-order valence-electron chi connectivity index (χ3n) is 11.2. The van der Waals surface area contributed by atoms with Crippen molar-refractivity contribution >= 4 is 83.6 Å². The number of nitrogens with zero attached hydrogens (tertiary/aromatic N) is 1. The van der Waals surface area contributed by atoms with Gasteiger partial charge in [-0.3, -0.25) is 57.7 Å². The molecule has 1 rings (SSSR count). The number of aliphatic imine (C=N–C) groups is 1. The molecule has 1 aromatic rings. The van der Waals surface area contributed by atoms with E-state index in [0.29, 0.717) is 24.9 Å². The van der Waals surface area contributed by atoms with Gasteiger partial charge >= 0.3 is 0 Å². The SMILES string of the molecule is CC(C)[C@H](N)C(=O)N[C@@H](CCC(N)=O)C(=O)NCC(=O)N[C@@H](CO)C(=O)N[C@H](C(=O)N[C@@H](CS)C(=O)N[C@@H](Cc1ccccc1)C(=O)NCC(=O)N[C@@H](CCCN=C(N)N)C(=O)N[C@@H](CCCCN)C(N)=O)C(C)C. The van der Waals surface area contributed by atoms with Crippen LogP contribution in [0.3, 0.4) is 0 Å². The number of carbonyl (C=O) groups is 11. The molecule has 1 aromatic carbocycles. The molecule has 11 amide bonds. The second-order valence-corrected chi connectivity index (χ2v) is 18.5. The summed E-state index contributed by atoms with van der Waals surface area (Å²) in [6.07, 6.45) is 0.912. The predicted octanol–water partition coefficient (Wildman–Crippen LogP) is -6.65. The molecular weight excluding hydrogens is 1000 g/mol. The van der Waals surface area contributed by atoms with Crippen LogP contribution >= 0.6 is 12.6 Å². The Bertz CT molecular complexity index is 2110. The summed E-state index contributed by atoms with van der Waals surface area (Å²) in [6.45, 7) is 4.57. The minimum absolute atomic E-state index is 0.0173. The van der Waals surface area contributed by atoms with Crippen LogP contribution in [0.2, 0.25) is 0 Å². The lowest BCUT2D eigenvalue weighted by atomic mass is 10.0. The van der Waals surface area contributed by atoms with Crippen molar-refractivity contribution in [1.82, 2.24) is 47.9 Å². The van der Waals surface area contributed by atoms with Crippen molar-refractivity contribution in [3.8, 4) is 0 Å². The number of amides is 11. The highest BCUT2D eigenvalue weighted by Crippen LogP contribution is 2.09. The van der Waals surface area contributed by atoms with E-state index in [0.717, 1.165) is 0 Å². The van der Waals surface area contributed by atoms with Gasteiger partial charge in [-0.1, -0.05) is 58.0 Å². The molecule has 420 valence electrons. The van der Waals surface area contributed by atoms with E-state index in [9.17, 15) is 57.8 Å². The highest BCUT2D eigenvalue weighted by molar-refractivity contribution is 7.80. The second kappa shape index (κ2) is 35.2. The van der Waals surface area contributed by atoms with Gasteiger partial charge < -0.3 is 87.4 Å². The molecule has 0 bridgehead atoms. The van der Waals surface area contributed by atoms with Gasteiger partial charge in [0.25, 0.3) is 0 Å². The van der Waals surface area contributed by atoms with Gasteiger partial charge in [-0.2, -0.15) is 12.6 Å². The van der Waals surface area contributed by atoms with Crippen molar-refractivity contribution in [3.05, 3.63) is 35.9 Å². The minimum Gasteiger partial charge on any atom is -0.394 e. The molecule has 0 aliphatic carbocycles. The normalized spacial score (nSPS) is 14.2. The van der Waals surface area contributed by atoms with Crippen molar-refractivity contribution in [2.24, 2.45) is 51.2 Å². The van der Waals surface area contributed by atoms with E-state index >= 15 is 0 Å². The zero-order valence-electron chi connectivity index (χ0n) is 42.9. The van der Waals surface area contributed by atoms with E-state index in [-0.39, 0.29) is 62.7 Å². The topological polar surface area (TPSA) is 485 Å². The molecule has 0 fully saturated rings. The van der Waals surface area contributed by atoms with E-state index < -0.39 is 139 Å². The first-order chi connectivity index (χ1) is 35.3. The molecule has 0 spiro atoms. The summed E-state index contributed by atoms with van der Waals surface area (Å²) >= 11 is 4.23. The van der Waals surface area contributed by atoms with Crippen LogP contribution in [-0.4, -0.2) is 163 Å². The van der Waals surface area contributed by atoms with Crippen LogP contribution in [0.15, 0.2) is 35.3 Å². The molecule has 0 aliphatic heterocycles. The Morgan fingerprint density at radius 2 is 1.08 bits per heavy atom. The maximum absolute atomic E-state index is 13.8. The van der Waals surface area contributed by atoms with Gasteiger partial charge in [-0.15, -0.1) is 0 Å². The van der Waals surface area contributed by atoms with Gasteiger partial charge in [0.15, 0.2) is 5.96 Å². The van der Waals surface area contributed by atoms with Crippen molar-refractivity contribution in [3.63, 3.8) is 0 Å². The van der Waals surface area contributed by atoms with E-state index in [1.807, 2.05) is 0 Å². The van der Waals surface area contributed by atoms with Crippen LogP contribution in [0.1, 0.15) is 78.2 Å². The zero-order valence-corrected chi connectivity index (χ0v) is 43.8. The molecule has 28 nitrogen and oxygen atoms in total. The monoisotopic (exact) mass is 1080 g/mol. The first kappa shape index (κ1) is 65.9. The number of benzene rings is 1. The number of primary amides is 2. The number of hydrogen-bond acceptors (Lipinski definition) is 16. The Kier molecular flexibility index (Phi) is 30.9. The third-order valence-corrected chi connectivity index (χ3v) is 11.6. The number of unbranched alkanes of at least 4 members (excludes halogenated alkanes) is 1. The number of thiol groups is 1. The lowest BCUT2D eigenvalue weighted by Crippen LogP contribution is -2.61. The third kappa shape index (κ3) is 26.1. The van der Waals surface area contributed by atoms with Crippen molar-refractivity contribution in [2.75, 3.05) is 38.5 Å². The number of guanidine groups is 1. The van der Waals surface area contributed by atoms with Gasteiger partial charge in [-0.25, -0.2) is 0 Å². The predicted molar refractivity (Wildman–Crippen MR) is 279 cm³/mol. The van der Waals surface area contributed by atoms with Crippen LogP contribution in [0.5, 0.6) is 0 Å². The van der Waals surface area contributed by atoms with E-state index in [2.05, 4.69) is 65.5 Å². The zero-order chi connectivity index (χ0) is 56.8. The van der Waals surface area contributed by atoms with E-state index in [4.69, 9.17) is 34.4 Å². The standard InChI is InChI=1S/C46H78N16O12S/c1-24(2)36(49)44(73)59-29(15-16-33(48)64)39(68)54-21-35(66)57-31(22-63)42(71)62-37(25(3)4)45(74)61-32(23-75)43(72)60-30(19-26-11-6-5-7-12-26)40(69)55-20-34(65)56-28(14-10-18-53-46(51)52)41(70)58-27(38(50)67)13-8-9-17-47/h5-7,11-12,24-25,27-32,36-37,63,75H,8-10,13-23,47,49H2,1-4H3,(H2,48,64)(H2,50,67)(H,54,68)(H,55,69)(H,56,65)(H,57,66)(H,58,70)(H,59,73)(H,60,72)(H,61,74)(H,62,71)(H4,51,52,53)/t27-,28-,29-,30-,31-,32-,36-,37-/m0/s1. The first-order valence-electron chi connectivity index (χ1n) is 24.4. The molecule has 75 heavy (non-hydrogen) atoms. The molecule has 0 heterocycles. The fraction of sp³-hybridized carbons (Fsp3) is 0.609. The molecule has 0 unspecified atom stereocenters. The van der Waals surface area contributed by atoms with Crippen LogP contribution in [0.25, 0.3) is 0 Å². The Morgan fingerprint density at radius 1 is 0.573 bits per heavy atom. The molecule has 0 aromatic heterocycles. The Morgan fingerprint density at radius 3 is 1.60 bits per heavy atom. The van der Waals surface area contributed by atoms with Gasteiger partial charge in [-0.05, 0) is 62.5 Å². The highest BCUT2D eigenvalue weighted by atomic mass is 32.1. The number of aliphatic hydroxyl groups excluding tert-OH is 1. The fourth-order valence-corrected chi connectivity index (χ4v) is 7.05. The number of hydrogen-bond donors (Lipinski definition) is 17. The summed E-state index contributed by atoms with van der Waals surface area (Å²) in [5.74, 6) is -10.7. The molecule has 0 radical (unpaired) electrons. The largest absolute Gasteiger partial charge is 0.394 e. The maximum Gasteiger partial charge on any atom is 0.245 e. The number of nitrogens with two attached hydrogens (primary N) is 6. The van der Waals surface area contributed by atoms with Crippen LogP contribution < -0.4 is 82.3 Å². The summed E-state index contributed by atoms with van der Waals surface area (Å²) in [5, 5.41) is 32.0. The van der Waals surface area contributed by atoms with Crippen molar-refractivity contribution in [1.29, 1.82) is 0 Å². The average Bonchev–Trinajstić information content (AvgIpc) is 3.35. The minimum atomic E-state index is -1.65. The highest BCUT2D eigenvalue weighted by Gasteiger charge is 2.34. The lowest BCUT2D eigenvalue weighted by molar-refractivity contribution is -0.135. The van der Waals surface area contributed by atoms with E-state index in [1.54, 1.807) is 58.0 Å². The Balaban J connectivity index is 3.14. The van der Waals surface area contributed by atoms with Crippen molar-refractivity contribution < 1.29 is 57.8 Å². The molecule has 0 aliphatic rings. The maximum atomic E-state index is 13.8. The van der Waals surface area contributed by atoms with E-state index in [1.165, 1.54) is 0 Å². The van der Waals surface area contributed by atoms with Crippen LogP contribution in [0, 0.1) is 11.8 Å². The summed E-state index contributed by atoms with van der Waals surface area (Å²) in [7, 11) is 0. The fourth-order valence-electron chi connectivity index (χ4n) is 6.79. The molecular formula is C46H78N16O12S. The number of aliphatic hydroxyl groups is 1. The summed E-state index contributed by atoms with van der Waals surface area (Å²) in [5.41, 5.74) is 33.6. The van der Waals surface area contributed by atoms with Gasteiger partial charge in [0.1, 0.15) is 42.3 Å². The first-order valence-corrected chi connectivity index (χ1v) is 25.0. The Hall–Kier alpha value is -7.11. The number of carbonyl (C=O) groups excluding carboxylic acids is 11.